The van der Waals surface area contributed by atoms with Crippen LogP contribution in [0.2, 0.25) is 0 Å². The standard InChI is InChI=1S/C12H11BrF2O/c13-9-5-7(16)4-8-10(9)11(2-1-3-11)6-12(8,14)15/h4-5,16H,1-3,6H2. The second-order valence-electron chi connectivity index (χ2n) is 4.87. The topological polar surface area (TPSA) is 20.2 Å². The Morgan fingerprint density at radius 2 is 1.94 bits per heavy atom. The van der Waals surface area contributed by atoms with Gasteiger partial charge in [-0.15, -0.1) is 0 Å². The first kappa shape index (κ1) is 10.5. The lowest BCUT2D eigenvalue weighted by Crippen LogP contribution is -2.33. The first-order valence-electron chi connectivity index (χ1n) is 5.36. The molecule has 3 rings (SSSR count). The highest BCUT2D eigenvalue weighted by molar-refractivity contribution is 9.10. The molecule has 16 heavy (non-hydrogen) atoms. The minimum Gasteiger partial charge on any atom is -0.508 e. The van der Waals surface area contributed by atoms with E-state index < -0.39 is 5.92 Å². The molecule has 2 aliphatic rings. The monoisotopic (exact) mass is 288 g/mol. The smallest absolute Gasteiger partial charge is 0.274 e. The molecule has 1 nitrogen and oxygen atoms in total. The third-order valence-corrected chi connectivity index (χ3v) is 4.50. The Hall–Kier alpha value is -0.640. The largest absolute Gasteiger partial charge is 0.508 e. The fourth-order valence-electron chi connectivity index (χ4n) is 3.06. The van der Waals surface area contributed by atoms with Crippen molar-refractivity contribution < 1.29 is 13.9 Å². The van der Waals surface area contributed by atoms with E-state index in [-0.39, 0.29) is 23.1 Å². The second-order valence-corrected chi connectivity index (χ2v) is 5.72. The number of benzene rings is 1. The quantitative estimate of drug-likeness (QED) is 0.763. The van der Waals surface area contributed by atoms with E-state index >= 15 is 0 Å². The molecule has 1 saturated carbocycles. The summed E-state index contributed by atoms with van der Waals surface area (Å²) >= 11 is 3.31. The van der Waals surface area contributed by atoms with Crippen LogP contribution in [0.25, 0.3) is 0 Å². The third kappa shape index (κ3) is 1.19. The number of alkyl halides is 2. The normalized spacial score (nSPS) is 24.2. The molecule has 4 heteroatoms. The van der Waals surface area contributed by atoms with Crippen molar-refractivity contribution in [3.63, 3.8) is 0 Å². The lowest BCUT2D eigenvalue weighted by Gasteiger charge is -2.39. The highest BCUT2D eigenvalue weighted by atomic mass is 79.9. The zero-order chi connectivity index (χ0) is 11.6. The molecule has 0 amide bonds. The number of rotatable bonds is 0. The Morgan fingerprint density at radius 1 is 1.25 bits per heavy atom. The summed E-state index contributed by atoms with van der Waals surface area (Å²) in [5.74, 6) is -2.89. The summed E-state index contributed by atoms with van der Waals surface area (Å²) in [6, 6.07) is 2.73. The summed E-state index contributed by atoms with van der Waals surface area (Å²) in [4.78, 5) is 0. The number of aromatic hydroxyl groups is 1. The molecule has 0 bridgehead atoms. The highest BCUT2D eigenvalue weighted by Crippen LogP contribution is 2.62. The van der Waals surface area contributed by atoms with Crippen molar-refractivity contribution in [2.45, 2.75) is 37.0 Å². The third-order valence-electron chi connectivity index (χ3n) is 3.87. The Balaban J connectivity index is 2.26. The van der Waals surface area contributed by atoms with Crippen LogP contribution in [0.15, 0.2) is 16.6 Å². The van der Waals surface area contributed by atoms with Gasteiger partial charge in [-0.05, 0) is 30.5 Å². The predicted molar refractivity (Wildman–Crippen MR) is 59.8 cm³/mol. The average molecular weight is 289 g/mol. The summed E-state index contributed by atoms with van der Waals surface area (Å²) in [7, 11) is 0. The fraction of sp³-hybridized carbons (Fsp3) is 0.500. The summed E-state index contributed by atoms with van der Waals surface area (Å²) in [5.41, 5.74) is 0.395. The van der Waals surface area contributed by atoms with Gasteiger partial charge in [0.15, 0.2) is 0 Å². The Labute approximate surface area is 101 Å². The number of hydrogen-bond donors (Lipinski definition) is 1. The molecule has 0 unspecified atom stereocenters. The Morgan fingerprint density at radius 3 is 2.50 bits per heavy atom. The second kappa shape index (κ2) is 2.97. The van der Waals surface area contributed by atoms with Crippen LogP contribution >= 0.6 is 15.9 Å². The molecule has 0 heterocycles. The summed E-state index contributed by atoms with van der Waals surface area (Å²) < 4.78 is 28.4. The fourth-order valence-corrected chi connectivity index (χ4v) is 3.93. The van der Waals surface area contributed by atoms with E-state index in [1.165, 1.54) is 12.1 Å². The van der Waals surface area contributed by atoms with Crippen LogP contribution in [0.4, 0.5) is 8.78 Å². The van der Waals surface area contributed by atoms with Gasteiger partial charge in [0, 0.05) is 21.9 Å². The summed E-state index contributed by atoms with van der Waals surface area (Å²) in [6.07, 6.45) is 2.58. The van der Waals surface area contributed by atoms with Crippen molar-refractivity contribution in [3.05, 3.63) is 27.7 Å². The predicted octanol–water partition coefficient (Wildman–Crippen LogP) is 4.07. The van der Waals surface area contributed by atoms with Gasteiger partial charge in [0.2, 0.25) is 0 Å². The van der Waals surface area contributed by atoms with E-state index in [0.29, 0.717) is 4.47 Å². The first-order valence-corrected chi connectivity index (χ1v) is 6.15. The molecule has 0 radical (unpaired) electrons. The number of halogens is 3. The molecule has 86 valence electrons. The molecule has 0 atom stereocenters. The number of fused-ring (bicyclic) bond motifs is 2. The SMILES string of the molecule is Oc1cc(Br)c2c(c1)C(F)(F)CC21CCC1. The van der Waals surface area contributed by atoms with E-state index in [4.69, 9.17) is 0 Å². The van der Waals surface area contributed by atoms with E-state index in [1.807, 2.05) is 0 Å². The average Bonchev–Trinajstić information content (AvgIpc) is 2.34. The van der Waals surface area contributed by atoms with Gasteiger partial charge in [-0.25, -0.2) is 8.78 Å². The maximum absolute atomic E-state index is 13.9. The summed E-state index contributed by atoms with van der Waals surface area (Å²) in [6.45, 7) is 0. The minimum atomic E-state index is -2.79. The van der Waals surface area contributed by atoms with Crippen LogP contribution in [0.5, 0.6) is 5.75 Å². The first-order chi connectivity index (χ1) is 7.45. The number of phenolic OH excluding ortho intramolecular Hbond substituents is 1. The van der Waals surface area contributed by atoms with Crippen molar-refractivity contribution in [1.29, 1.82) is 0 Å². The molecule has 0 aliphatic heterocycles. The highest BCUT2D eigenvalue weighted by Gasteiger charge is 2.57. The molecule has 1 fully saturated rings. The van der Waals surface area contributed by atoms with Crippen LogP contribution in [-0.4, -0.2) is 5.11 Å². The van der Waals surface area contributed by atoms with Gasteiger partial charge in [-0.1, -0.05) is 22.4 Å². The van der Waals surface area contributed by atoms with E-state index in [2.05, 4.69) is 15.9 Å². The molecular formula is C12H11BrF2O. The summed E-state index contributed by atoms with van der Waals surface area (Å²) in [5, 5.41) is 9.41. The van der Waals surface area contributed by atoms with Crippen LogP contribution in [0.1, 0.15) is 36.8 Å². The van der Waals surface area contributed by atoms with E-state index in [1.54, 1.807) is 0 Å². The number of phenols is 1. The van der Waals surface area contributed by atoms with Gasteiger partial charge in [0.1, 0.15) is 5.75 Å². The van der Waals surface area contributed by atoms with E-state index in [9.17, 15) is 13.9 Å². The molecule has 1 N–H and O–H groups in total. The molecule has 1 aromatic carbocycles. The maximum Gasteiger partial charge on any atom is 0.274 e. The molecule has 0 aromatic heterocycles. The maximum atomic E-state index is 13.9. The number of hydrogen-bond acceptors (Lipinski definition) is 1. The molecule has 1 spiro atoms. The van der Waals surface area contributed by atoms with Crippen LogP contribution < -0.4 is 0 Å². The van der Waals surface area contributed by atoms with Gasteiger partial charge in [0.25, 0.3) is 5.92 Å². The lowest BCUT2D eigenvalue weighted by molar-refractivity contribution is -0.0286. The zero-order valence-electron chi connectivity index (χ0n) is 8.56. The van der Waals surface area contributed by atoms with Gasteiger partial charge >= 0.3 is 0 Å². The molecule has 0 saturated heterocycles. The van der Waals surface area contributed by atoms with Crippen molar-refractivity contribution in [2.24, 2.45) is 0 Å². The molecule has 2 aliphatic carbocycles. The minimum absolute atomic E-state index is 0.0130. The van der Waals surface area contributed by atoms with Crippen molar-refractivity contribution >= 4 is 15.9 Å². The van der Waals surface area contributed by atoms with Gasteiger partial charge in [0.05, 0.1) is 0 Å². The van der Waals surface area contributed by atoms with Gasteiger partial charge in [-0.2, -0.15) is 0 Å². The zero-order valence-corrected chi connectivity index (χ0v) is 10.2. The van der Waals surface area contributed by atoms with Crippen LogP contribution in [0.3, 0.4) is 0 Å². The van der Waals surface area contributed by atoms with Crippen molar-refractivity contribution in [1.82, 2.24) is 0 Å². The Kier molecular flexibility index (Phi) is 1.95. The van der Waals surface area contributed by atoms with Crippen molar-refractivity contribution in [3.8, 4) is 5.75 Å². The molecule has 1 aromatic rings. The lowest BCUT2D eigenvalue weighted by atomic mass is 9.65. The van der Waals surface area contributed by atoms with E-state index in [0.717, 1.165) is 24.8 Å². The van der Waals surface area contributed by atoms with Crippen molar-refractivity contribution in [2.75, 3.05) is 0 Å². The van der Waals surface area contributed by atoms with Crippen LogP contribution in [-0.2, 0) is 11.3 Å². The van der Waals surface area contributed by atoms with Gasteiger partial charge < -0.3 is 5.11 Å². The molecular weight excluding hydrogens is 278 g/mol. The van der Waals surface area contributed by atoms with Gasteiger partial charge in [-0.3, -0.25) is 0 Å². The van der Waals surface area contributed by atoms with Crippen LogP contribution in [0, 0.1) is 0 Å². The Bertz CT molecular complexity index is 466.